The summed E-state index contributed by atoms with van der Waals surface area (Å²) in [5.74, 6) is 1.73. The molecule has 0 saturated carbocycles. The number of rotatable bonds is 5. The number of thioether (sulfide) groups is 1. The summed E-state index contributed by atoms with van der Waals surface area (Å²) in [6, 6.07) is 10.7. The van der Waals surface area contributed by atoms with Crippen LogP contribution in [-0.4, -0.2) is 23.1 Å². The van der Waals surface area contributed by atoms with Crippen LogP contribution in [0.5, 0.6) is 0 Å². The van der Waals surface area contributed by atoms with E-state index in [1.165, 1.54) is 20.2 Å². The Balaban J connectivity index is 1.49. The van der Waals surface area contributed by atoms with Crippen LogP contribution >= 0.6 is 45.8 Å². The molecule has 124 valence electrons. The summed E-state index contributed by atoms with van der Waals surface area (Å²) in [5, 5.41) is 6.35. The van der Waals surface area contributed by atoms with Crippen molar-refractivity contribution in [3.8, 4) is 0 Å². The molecule has 6 heteroatoms. The van der Waals surface area contributed by atoms with E-state index in [0.717, 1.165) is 18.7 Å². The normalized spacial score (nSPS) is 17.0. The lowest BCUT2D eigenvalue weighted by molar-refractivity contribution is -0.130. The molecule has 0 aromatic carbocycles. The third-order valence-electron chi connectivity index (χ3n) is 4.15. The van der Waals surface area contributed by atoms with Crippen LogP contribution in [0.2, 0.25) is 0 Å². The van der Waals surface area contributed by atoms with Crippen molar-refractivity contribution in [3.05, 3.63) is 66.7 Å². The average Bonchev–Trinajstić information content (AvgIpc) is 3.34. The molecule has 1 aliphatic heterocycles. The van der Waals surface area contributed by atoms with Gasteiger partial charge in [0, 0.05) is 26.9 Å². The molecule has 0 N–H and O–H groups in total. The second kappa shape index (κ2) is 7.44. The van der Waals surface area contributed by atoms with Crippen LogP contribution < -0.4 is 0 Å². The van der Waals surface area contributed by atoms with Gasteiger partial charge in [-0.15, -0.1) is 45.8 Å². The molecule has 0 fully saturated rings. The average molecular weight is 392 g/mol. The van der Waals surface area contributed by atoms with Crippen LogP contribution in [0.1, 0.15) is 26.2 Å². The zero-order chi connectivity index (χ0) is 16.4. The van der Waals surface area contributed by atoms with Gasteiger partial charge in [-0.1, -0.05) is 12.1 Å². The number of nitrogens with zero attached hydrogens (tertiary/aromatic N) is 1. The maximum Gasteiger partial charge on any atom is 0.233 e. The Morgan fingerprint density at radius 3 is 2.79 bits per heavy atom. The predicted molar refractivity (Wildman–Crippen MR) is 106 cm³/mol. The van der Waals surface area contributed by atoms with Gasteiger partial charge in [0.15, 0.2) is 0 Å². The summed E-state index contributed by atoms with van der Waals surface area (Å²) in [6.07, 6.45) is 0.982. The second-order valence-corrected chi connectivity index (χ2v) is 9.62. The second-order valence-electron chi connectivity index (χ2n) is 5.63. The molecule has 3 aromatic rings. The van der Waals surface area contributed by atoms with Gasteiger partial charge in [0.05, 0.1) is 11.8 Å². The summed E-state index contributed by atoms with van der Waals surface area (Å²) in [5.41, 5.74) is 1.32. The van der Waals surface area contributed by atoms with Crippen molar-refractivity contribution >= 4 is 51.7 Å². The Hall–Kier alpha value is -1.08. The van der Waals surface area contributed by atoms with Crippen molar-refractivity contribution in [2.75, 3.05) is 12.3 Å². The Labute approximate surface area is 158 Å². The van der Waals surface area contributed by atoms with Gasteiger partial charge in [0.25, 0.3) is 0 Å². The van der Waals surface area contributed by atoms with Crippen molar-refractivity contribution in [1.29, 1.82) is 0 Å². The van der Waals surface area contributed by atoms with Gasteiger partial charge in [-0.05, 0) is 46.3 Å². The largest absolute Gasteiger partial charge is 0.330 e. The molecule has 24 heavy (non-hydrogen) atoms. The lowest BCUT2D eigenvalue weighted by Gasteiger charge is -2.35. The number of carbonyl (C=O) groups excluding carboxylic acids is 1. The monoisotopic (exact) mass is 391 g/mol. The number of hydrogen-bond acceptors (Lipinski definition) is 5. The minimum Gasteiger partial charge on any atom is -0.330 e. The maximum atomic E-state index is 12.9. The standard InChI is InChI=1S/C18H17NOS4/c20-17(12-21-11-13-3-1-8-22-13)19-7-5-15-14(6-10-24-15)18(19)16-4-2-9-23-16/h1-4,6,8-10,18H,5,7,11-12H2/t18-/m1/s1. The molecule has 1 aliphatic rings. The highest BCUT2D eigenvalue weighted by molar-refractivity contribution is 7.99. The van der Waals surface area contributed by atoms with Gasteiger partial charge < -0.3 is 4.90 Å². The lowest BCUT2D eigenvalue weighted by Crippen LogP contribution is -2.40. The van der Waals surface area contributed by atoms with Crippen molar-refractivity contribution < 1.29 is 4.79 Å². The first-order valence-corrected chi connectivity index (χ1v) is 11.6. The molecule has 0 spiro atoms. The van der Waals surface area contributed by atoms with Crippen molar-refractivity contribution in [3.63, 3.8) is 0 Å². The van der Waals surface area contributed by atoms with Gasteiger partial charge in [-0.3, -0.25) is 4.79 Å². The third-order valence-corrected chi connectivity index (χ3v) is 8.10. The van der Waals surface area contributed by atoms with Crippen molar-refractivity contribution in [1.82, 2.24) is 4.90 Å². The van der Waals surface area contributed by atoms with E-state index in [2.05, 4.69) is 51.4 Å². The summed E-state index contributed by atoms with van der Waals surface area (Å²) in [6.45, 7) is 0.828. The van der Waals surface area contributed by atoms with Gasteiger partial charge in [0.1, 0.15) is 0 Å². The molecule has 3 aromatic heterocycles. The van der Waals surface area contributed by atoms with Crippen molar-refractivity contribution in [2.45, 2.75) is 18.2 Å². The van der Waals surface area contributed by atoms with E-state index in [-0.39, 0.29) is 11.9 Å². The predicted octanol–water partition coefficient (Wildman–Crippen LogP) is 5.28. The minimum atomic E-state index is 0.106. The number of amides is 1. The van der Waals surface area contributed by atoms with Crippen LogP contribution in [0.15, 0.2) is 46.5 Å². The Kier molecular flexibility index (Phi) is 5.08. The van der Waals surface area contributed by atoms with E-state index >= 15 is 0 Å². The summed E-state index contributed by atoms with van der Waals surface area (Å²) < 4.78 is 0. The summed E-state index contributed by atoms with van der Waals surface area (Å²) >= 11 is 7.04. The summed E-state index contributed by atoms with van der Waals surface area (Å²) in [4.78, 5) is 19.0. The van der Waals surface area contributed by atoms with Crippen molar-refractivity contribution in [2.24, 2.45) is 0 Å². The van der Waals surface area contributed by atoms with Gasteiger partial charge in [-0.25, -0.2) is 0 Å². The first-order valence-electron chi connectivity index (χ1n) is 7.82. The molecule has 4 heterocycles. The minimum absolute atomic E-state index is 0.106. The highest BCUT2D eigenvalue weighted by Gasteiger charge is 2.33. The molecule has 1 atom stereocenters. The molecule has 0 unspecified atom stereocenters. The molecular weight excluding hydrogens is 374 g/mol. The fourth-order valence-corrected chi connectivity index (χ4v) is 6.56. The number of thiophene rings is 3. The lowest BCUT2D eigenvalue weighted by atomic mass is 9.98. The Morgan fingerprint density at radius 2 is 2.00 bits per heavy atom. The van der Waals surface area contributed by atoms with Gasteiger partial charge >= 0.3 is 0 Å². The zero-order valence-corrected chi connectivity index (χ0v) is 16.3. The molecule has 0 radical (unpaired) electrons. The number of hydrogen-bond donors (Lipinski definition) is 0. The molecule has 4 rings (SSSR count). The van der Waals surface area contributed by atoms with Crippen LogP contribution in [0.4, 0.5) is 0 Å². The van der Waals surface area contributed by atoms with E-state index < -0.39 is 0 Å². The SMILES string of the molecule is O=C(CSCc1cccs1)N1CCc2sccc2[C@@H]1c1cccs1. The molecule has 0 bridgehead atoms. The van der Waals surface area contributed by atoms with Crippen LogP contribution in [0, 0.1) is 0 Å². The van der Waals surface area contributed by atoms with E-state index in [0.29, 0.717) is 5.75 Å². The van der Waals surface area contributed by atoms with E-state index in [4.69, 9.17) is 0 Å². The first kappa shape index (κ1) is 16.4. The fraction of sp³-hybridized carbons (Fsp3) is 0.278. The summed E-state index contributed by atoms with van der Waals surface area (Å²) in [7, 11) is 0. The van der Waals surface area contributed by atoms with E-state index in [9.17, 15) is 4.79 Å². The number of fused-ring (bicyclic) bond motifs is 1. The van der Waals surface area contributed by atoms with E-state index in [1.807, 2.05) is 11.3 Å². The van der Waals surface area contributed by atoms with Crippen LogP contribution in [0.3, 0.4) is 0 Å². The highest BCUT2D eigenvalue weighted by Crippen LogP contribution is 2.39. The third kappa shape index (κ3) is 3.33. The smallest absolute Gasteiger partial charge is 0.233 e. The quantitative estimate of drug-likeness (QED) is 0.590. The van der Waals surface area contributed by atoms with Crippen LogP contribution in [0.25, 0.3) is 0 Å². The molecular formula is C18H17NOS4. The van der Waals surface area contributed by atoms with Crippen LogP contribution in [-0.2, 0) is 17.0 Å². The maximum absolute atomic E-state index is 12.9. The topological polar surface area (TPSA) is 20.3 Å². The Morgan fingerprint density at radius 1 is 1.12 bits per heavy atom. The van der Waals surface area contributed by atoms with E-state index in [1.54, 1.807) is 34.4 Å². The first-order chi connectivity index (χ1) is 11.8. The fourth-order valence-electron chi connectivity index (χ4n) is 3.06. The Bertz CT molecular complexity index is 791. The number of carbonyl (C=O) groups is 1. The molecule has 1 amide bonds. The van der Waals surface area contributed by atoms with Gasteiger partial charge in [-0.2, -0.15) is 0 Å². The molecule has 0 aliphatic carbocycles. The zero-order valence-electron chi connectivity index (χ0n) is 13.0. The molecule has 0 saturated heterocycles. The molecule has 2 nitrogen and oxygen atoms in total. The highest BCUT2D eigenvalue weighted by atomic mass is 32.2. The van der Waals surface area contributed by atoms with Gasteiger partial charge in [0.2, 0.25) is 5.91 Å².